The molecule has 4 rings (SSSR count). The molecular formula is C17H20N4OS2. The standard InChI is InChI=1S/C17H20N4OS2/c1-10-11-9-14(23-16(11)21(2)20-10)15(22)19-17-18-12-7-5-3-4-6-8-13(12)24-17/h9H,3-8H2,1-2H3,(H,18,19,22). The van der Waals surface area contributed by atoms with Gasteiger partial charge in [-0.05, 0) is 38.7 Å². The van der Waals surface area contributed by atoms with Gasteiger partial charge in [0.1, 0.15) is 4.83 Å². The molecule has 0 saturated heterocycles. The van der Waals surface area contributed by atoms with Crippen molar-refractivity contribution in [1.29, 1.82) is 0 Å². The smallest absolute Gasteiger partial charge is 0.267 e. The number of carbonyl (C=O) groups is 1. The lowest BCUT2D eigenvalue weighted by atomic mass is 10.0. The summed E-state index contributed by atoms with van der Waals surface area (Å²) in [6, 6.07) is 1.93. The van der Waals surface area contributed by atoms with Crippen molar-refractivity contribution in [2.45, 2.75) is 45.4 Å². The Morgan fingerprint density at radius 1 is 1.21 bits per heavy atom. The number of fused-ring (bicyclic) bond motifs is 2. The van der Waals surface area contributed by atoms with Crippen LogP contribution < -0.4 is 5.32 Å². The minimum absolute atomic E-state index is 0.0719. The van der Waals surface area contributed by atoms with Crippen molar-refractivity contribution >= 4 is 43.9 Å². The number of amides is 1. The van der Waals surface area contributed by atoms with Gasteiger partial charge in [-0.3, -0.25) is 14.8 Å². The first-order chi connectivity index (χ1) is 11.6. The number of hydrogen-bond donors (Lipinski definition) is 1. The first kappa shape index (κ1) is 15.8. The highest BCUT2D eigenvalue weighted by atomic mass is 32.1. The fourth-order valence-electron chi connectivity index (χ4n) is 3.23. The molecule has 1 amide bonds. The van der Waals surface area contributed by atoms with Gasteiger partial charge in [0, 0.05) is 17.3 Å². The van der Waals surface area contributed by atoms with Gasteiger partial charge in [-0.1, -0.05) is 12.8 Å². The molecule has 24 heavy (non-hydrogen) atoms. The summed E-state index contributed by atoms with van der Waals surface area (Å²) in [7, 11) is 1.91. The molecule has 0 aromatic carbocycles. The molecule has 0 spiro atoms. The highest BCUT2D eigenvalue weighted by molar-refractivity contribution is 7.20. The van der Waals surface area contributed by atoms with Gasteiger partial charge in [0.05, 0.1) is 16.3 Å². The number of nitrogens with zero attached hydrogens (tertiary/aromatic N) is 3. The first-order valence-electron chi connectivity index (χ1n) is 8.35. The summed E-state index contributed by atoms with van der Waals surface area (Å²) < 4.78 is 1.83. The van der Waals surface area contributed by atoms with Crippen LogP contribution >= 0.6 is 22.7 Å². The van der Waals surface area contributed by atoms with Crippen LogP contribution in [0.1, 0.15) is 51.6 Å². The number of rotatable bonds is 2. The Morgan fingerprint density at radius 3 is 2.79 bits per heavy atom. The fraction of sp³-hybridized carbons (Fsp3) is 0.471. The lowest BCUT2D eigenvalue weighted by Gasteiger charge is -2.06. The van der Waals surface area contributed by atoms with Crippen LogP contribution in [0, 0.1) is 6.92 Å². The molecule has 1 aliphatic carbocycles. The van der Waals surface area contributed by atoms with E-state index in [-0.39, 0.29) is 5.91 Å². The van der Waals surface area contributed by atoms with Crippen LogP contribution in [0.4, 0.5) is 5.13 Å². The Hall–Kier alpha value is -1.73. The Morgan fingerprint density at radius 2 is 2.00 bits per heavy atom. The number of anilines is 1. The zero-order chi connectivity index (χ0) is 16.7. The van der Waals surface area contributed by atoms with Crippen LogP contribution in [-0.4, -0.2) is 20.7 Å². The number of nitrogens with one attached hydrogen (secondary N) is 1. The van der Waals surface area contributed by atoms with E-state index in [1.807, 2.05) is 24.7 Å². The molecule has 3 heterocycles. The summed E-state index contributed by atoms with van der Waals surface area (Å²) in [5, 5.41) is 9.17. The van der Waals surface area contributed by atoms with Crippen LogP contribution in [0.3, 0.4) is 0 Å². The van der Waals surface area contributed by atoms with Gasteiger partial charge in [-0.15, -0.1) is 22.7 Å². The summed E-state index contributed by atoms with van der Waals surface area (Å²) in [5.41, 5.74) is 2.14. The average molecular weight is 361 g/mol. The van der Waals surface area contributed by atoms with Crippen molar-refractivity contribution in [3.8, 4) is 0 Å². The molecule has 3 aromatic rings. The average Bonchev–Trinajstić information content (AvgIpc) is 3.17. The second-order valence-corrected chi connectivity index (χ2v) is 8.41. The predicted octanol–water partition coefficient (Wildman–Crippen LogP) is 4.31. The van der Waals surface area contributed by atoms with Crippen molar-refractivity contribution in [2.24, 2.45) is 7.05 Å². The molecule has 0 fully saturated rings. The monoisotopic (exact) mass is 360 g/mol. The van der Waals surface area contributed by atoms with Gasteiger partial charge in [-0.2, -0.15) is 5.10 Å². The van der Waals surface area contributed by atoms with Crippen LogP contribution in [-0.2, 0) is 19.9 Å². The van der Waals surface area contributed by atoms with E-state index in [4.69, 9.17) is 0 Å². The van der Waals surface area contributed by atoms with Crippen molar-refractivity contribution in [2.75, 3.05) is 5.32 Å². The summed E-state index contributed by atoms with van der Waals surface area (Å²) in [4.78, 5) is 20.3. The van der Waals surface area contributed by atoms with Crippen molar-refractivity contribution in [3.05, 3.63) is 27.2 Å². The van der Waals surface area contributed by atoms with Gasteiger partial charge in [0.2, 0.25) is 0 Å². The summed E-state index contributed by atoms with van der Waals surface area (Å²) in [6.45, 7) is 1.97. The van der Waals surface area contributed by atoms with Gasteiger partial charge in [0.15, 0.2) is 5.13 Å². The second kappa shape index (κ2) is 6.29. The third-order valence-corrected chi connectivity index (χ3v) is 6.76. The normalized spacial score (nSPS) is 15.1. The quantitative estimate of drug-likeness (QED) is 0.741. The van der Waals surface area contributed by atoms with E-state index in [0.29, 0.717) is 4.88 Å². The number of thiazole rings is 1. The molecule has 1 N–H and O–H groups in total. The van der Waals surface area contributed by atoms with Crippen LogP contribution in [0.5, 0.6) is 0 Å². The number of aryl methyl sites for hydroxylation is 4. The van der Waals surface area contributed by atoms with E-state index < -0.39 is 0 Å². The van der Waals surface area contributed by atoms with E-state index >= 15 is 0 Å². The number of aromatic nitrogens is 3. The lowest BCUT2D eigenvalue weighted by molar-refractivity contribution is 0.103. The molecule has 0 unspecified atom stereocenters. The SMILES string of the molecule is Cc1nn(C)c2sc(C(=O)Nc3nc4c(s3)CCCCCC4)cc12. The summed E-state index contributed by atoms with van der Waals surface area (Å²) in [6.07, 6.45) is 7.14. The maximum absolute atomic E-state index is 12.6. The fourth-order valence-corrected chi connectivity index (χ4v) is 5.30. The van der Waals surface area contributed by atoms with Crippen molar-refractivity contribution < 1.29 is 4.79 Å². The molecule has 7 heteroatoms. The van der Waals surface area contributed by atoms with E-state index in [9.17, 15) is 4.79 Å². The van der Waals surface area contributed by atoms with Gasteiger partial charge < -0.3 is 0 Å². The van der Waals surface area contributed by atoms with Crippen LogP contribution in [0.25, 0.3) is 10.2 Å². The molecule has 0 aliphatic heterocycles. The number of hydrogen-bond acceptors (Lipinski definition) is 5. The summed E-state index contributed by atoms with van der Waals surface area (Å²) in [5.74, 6) is -0.0719. The molecular weight excluding hydrogens is 340 g/mol. The Bertz CT molecular complexity index is 845. The minimum Gasteiger partial charge on any atom is -0.297 e. The molecule has 0 radical (unpaired) electrons. The molecule has 3 aromatic heterocycles. The van der Waals surface area contributed by atoms with E-state index in [2.05, 4.69) is 15.4 Å². The second-order valence-electron chi connectivity index (χ2n) is 6.30. The van der Waals surface area contributed by atoms with Gasteiger partial charge in [-0.25, -0.2) is 4.98 Å². The van der Waals surface area contributed by atoms with Crippen LogP contribution in [0.2, 0.25) is 0 Å². The molecule has 1 aliphatic rings. The van der Waals surface area contributed by atoms with Crippen molar-refractivity contribution in [3.63, 3.8) is 0 Å². The maximum Gasteiger partial charge on any atom is 0.267 e. The van der Waals surface area contributed by atoms with Gasteiger partial charge >= 0.3 is 0 Å². The first-order valence-corrected chi connectivity index (χ1v) is 9.98. The minimum atomic E-state index is -0.0719. The van der Waals surface area contributed by atoms with E-state index in [1.165, 1.54) is 47.6 Å². The third-order valence-electron chi connectivity index (χ3n) is 4.49. The predicted molar refractivity (Wildman–Crippen MR) is 99.3 cm³/mol. The maximum atomic E-state index is 12.6. The summed E-state index contributed by atoms with van der Waals surface area (Å²) >= 11 is 3.12. The van der Waals surface area contributed by atoms with Crippen LogP contribution in [0.15, 0.2) is 6.07 Å². The molecule has 0 atom stereocenters. The highest BCUT2D eigenvalue weighted by Crippen LogP contribution is 2.31. The molecule has 5 nitrogen and oxygen atoms in total. The Labute approximate surface area is 148 Å². The molecule has 0 saturated carbocycles. The third kappa shape index (κ3) is 2.86. The van der Waals surface area contributed by atoms with Gasteiger partial charge in [0.25, 0.3) is 5.91 Å². The van der Waals surface area contributed by atoms with E-state index in [0.717, 1.165) is 33.9 Å². The zero-order valence-corrected chi connectivity index (χ0v) is 15.5. The number of thiophene rings is 1. The Balaban J connectivity index is 1.56. The molecule has 0 bridgehead atoms. The lowest BCUT2D eigenvalue weighted by Crippen LogP contribution is -2.10. The van der Waals surface area contributed by atoms with Crippen molar-refractivity contribution in [1.82, 2.24) is 14.8 Å². The van der Waals surface area contributed by atoms with E-state index in [1.54, 1.807) is 11.3 Å². The largest absolute Gasteiger partial charge is 0.297 e. The molecule has 126 valence electrons. The number of carbonyl (C=O) groups excluding carboxylic acids is 1. The highest BCUT2D eigenvalue weighted by Gasteiger charge is 2.18. The topological polar surface area (TPSA) is 59.8 Å². The zero-order valence-electron chi connectivity index (χ0n) is 13.9. The Kier molecular flexibility index (Phi) is 4.14.